The highest BCUT2D eigenvalue weighted by Crippen LogP contribution is 2.38. The van der Waals surface area contributed by atoms with Crippen LogP contribution in [0.25, 0.3) is 0 Å². The Balaban J connectivity index is 2.17. The fourth-order valence-corrected chi connectivity index (χ4v) is 2.51. The maximum absolute atomic E-state index is 11.9. The van der Waals surface area contributed by atoms with Gasteiger partial charge in [0, 0.05) is 23.9 Å². The molecular formula is C15H21ClN2O3. The number of ether oxygens (including phenoxy) is 2. The van der Waals surface area contributed by atoms with Crippen molar-refractivity contribution in [1.29, 1.82) is 0 Å². The van der Waals surface area contributed by atoms with E-state index in [0.717, 1.165) is 11.3 Å². The topological polar surface area (TPSA) is 59.6 Å². The summed E-state index contributed by atoms with van der Waals surface area (Å²) in [5.41, 5.74) is 1.60. The molecule has 0 saturated carbocycles. The van der Waals surface area contributed by atoms with E-state index >= 15 is 0 Å². The van der Waals surface area contributed by atoms with Crippen molar-refractivity contribution in [3.63, 3.8) is 0 Å². The Labute approximate surface area is 130 Å². The van der Waals surface area contributed by atoms with Gasteiger partial charge in [0.2, 0.25) is 5.91 Å². The average Bonchev–Trinajstić information content (AvgIpc) is 2.73. The number of hydrogen-bond acceptors (Lipinski definition) is 4. The number of anilines is 1. The highest BCUT2D eigenvalue weighted by molar-refractivity contribution is 6.32. The van der Waals surface area contributed by atoms with E-state index in [9.17, 15) is 4.79 Å². The number of amides is 1. The first-order chi connectivity index (χ1) is 10.1. The van der Waals surface area contributed by atoms with Crippen LogP contribution in [0.15, 0.2) is 12.1 Å². The Kier molecular flexibility index (Phi) is 5.45. The van der Waals surface area contributed by atoms with E-state index in [1.807, 2.05) is 20.8 Å². The van der Waals surface area contributed by atoms with Gasteiger partial charge in [0.05, 0.1) is 11.6 Å². The van der Waals surface area contributed by atoms with E-state index in [4.69, 9.17) is 21.1 Å². The monoisotopic (exact) mass is 312 g/mol. The predicted octanol–water partition coefficient (Wildman–Crippen LogP) is 2.75. The summed E-state index contributed by atoms with van der Waals surface area (Å²) in [6, 6.07) is 3.21. The van der Waals surface area contributed by atoms with Crippen LogP contribution in [0.3, 0.4) is 0 Å². The third-order valence-electron chi connectivity index (χ3n) is 3.23. The molecule has 21 heavy (non-hydrogen) atoms. The number of halogens is 1. The van der Waals surface area contributed by atoms with Crippen molar-refractivity contribution < 1.29 is 14.3 Å². The van der Waals surface area contributed by atoms with E-state index in [0.29, 0.717) is 30.5 Å². The van der Waals surface area contributed by atoms with Gasteiger partial charge < -0.3 is 20.1 Å². The van der Waals surface area contributed by atoms with Gasteiger partial charge >= 0.3 is 0 Å². The highest BCUT2D eigenvalue weighted by Gasteiger charge is 2.31. The molecule has 1 aliphatic heterocycles. The van der Waals surface area contributed by atoms with Crippen molar-refractivity contribution in [2.75, 3.05) is 25.1 Å². The van der Waals surface area contributed by atoms with Crippen LogP contribution in [0, 0.1) is 0 Å². The zero-order valence-corrected chi connectivity index (χ0v) is 13.3. The first-order valence-corrected chi connectivity index (χ1v) is 7.56. The van der Waals surface area contributed by atoms with Gasteiger partial charge in [-0.05, 0) is 26.5 Å². The first kappa shape index (κ1) is 16.1. The van der Waals surface area contributed by atoms with Gasteiger partial charge in [-0.2, -0.15) is 0 Å². The highest BCUT2D eigenvalue weighted by atomic mass is 35.5. The molecule has 1 aliphatic rings. The van der Waals surface area contributed by atoms with Crippen molar-refractivity contribution in [1.82, 2.24) is 5.32 Å². The quantitative estimate of drug-likeness (QED) is 0.813. The smallest absolute Gasteiger partial charge is 0.246 e. The summed E-state index contributed by atoms with van der Waals surface area (Å²) in [5, 5.41) is 6.48. The van der Waals surface area contributed by atoms with Crippen molar-refractivity contribution in [3.8, 4) is 5.75 Å². The zero-order chi connectivity index (χ0) is 15.4. The SMILES string of the molecule is CCNC1C(=O)Nc2cc(OC(C)COCC)c(Cl)cc21. The molecule has 0 aromatic heterocycles. The minimum Gasteiger partial charge on any atom is -0.487 e. The molecule has 6 heteroatoms. The second-order valence-electron chi connectivity index (χ2n) is 4.94. The summed E-state index contributed by atoms with van der Waals surface area (Å²) in [6.45, 7) is 7.66. The summed E-state index contributed by atoms with van der Waals surface area (Å²) in [5.74, 6) is 0.488. The normalized spacial score (nSPS) is 18.3. The van der Waals surface area contributed by atoms with Crippen molar-refractivity contribution in [2.24, 2.45) is 0 Å². The van der Waals surface area contributed by atoms with Gasteiger partial charge in [-0.3, -0.25) is 4.79 Å². The Bertz CT molecular complexity index is 522. The van der Waals surface area contributed by atoms with E-state index in [1.165, 1.54) is 0 Å². The molecule has 1 amide bonds. The molecule has 116 valence electrons. The van der Waals surface area contributed by atoms with Crippen LogP contribution < -0.4 is 15.4 Å². The standard InChI is InChI=1S/C15H21ClN2O3/c1-4-17-14-10-6-11(16)13(7-12(10)18-15(14)19)21-9(3)8-20-5-2/h6-7,9,14,17H,4-5,8H2,1-3H3,(H,18,19). The number of rotatable bonds is 7. The lowest BCUT2D eigenvalue weighted by atomic mass is 10.1. The molecule has 2 N–H and O–H groups in total. The molecule has 2 atom stereocenters. The average molecular weight is 313 g/mol. The fraction of sp³-hybridized carbons (Fsp3) is 0.533. The second kappa shape index (κ2) is 7.11. The second-order valence-corrected chi connectivity index (χ2v) is 5.34. The maximum Gasteiger partial charge on any atom is 0.246 e. The molecule has 0 spiro atoms. The Morgan fingerprint density at radius 2 is 2.19 bits per heavy atom. The number of fused-ring (bicyclic) bond motifs is 1. The molecule has 1 aromatic carbocycles. The number of hydrogen-bond donors (Lipinski definition) is 2. The number of nitrogens with one attached hydrogen (secondary N) is 2. The molecule has 0 saturated heterocycles. The lowest BCUT2D eigenvalue weighted by molar-refractivity contribution is -0.117. The van der Waals surface area contributed by atoms with Gasteiger partial charge in [-0.25, -0.2) is 0 Å². The third kappa shape index (κ3) is 3.67. The van der Waals surface area contributed by atoms with Crippen molar-refractivity contribution in [3.05, 3.63) is 22.7 Å². The minimum absolute atomic E-state index is 0.0672. The van der Waals surface area contributed by atoms with Gasteiger partial charge in [-0.1, -0.05) is 18.5 Å². The maximum atomic E-state index is 11.9. The third-order valence-corrected chi connectivity index (χ3v) is 3.52. The molecule has 0 fully saturated rings. The van der Waals surface area contributed by atoms with Crippen molar-refractivity contribution >= 4 is 23.2 Å². The lowest BCUT2D eigenvalue weighted by Crippen LogP contribution is -2.27. The summed E-state index contributed by atoms with van der Waals surface area (Å²) in [6.07, 6.45) is -0.109. The number of benzene rings is 1. The van der Waals surface area contributed by atoms with E-state index in [-0.39, 0.29) is 18.1 Å². The summed E-state index contributed by atoms with van der Waals surface area (Å²) in [4.78, 5) is 11.9. The number of likely N-dealkylation sites (N-methyl/N-ethyl adjacent to an activating group) is 1. The predicted molar refractivity (Wildman–Crippen MR) is 83.1 cm³/mol. The number of carbonyl (C=O) groups excluding carboxylic acids is 1. The summed E-state index contributed by atoms with van der Waals surface area (Å²) in [7, 11) is 0. The minimum atomic E-state index is -0.350. The molecule has 2 unspecified atom stereocenters. The molecule has 2 rings (SSSR count). The lowest BCUT2D eigenvalue weighted by Gasteiger charge is -2.17. The molecule has 5 nitrogen and oxygen atoms in total. The fourth-order valence-electron chi connectivity index (χ4n) is 2.29. The largest absolute Gasteiger partial charge is 0.487 e. The van der Waals surface area contributed by atoms with Crippen LogP contribution in [0.1, 0.15) is 32.4 Å². The van der Waals surface area contributed by atoms with Crippen LogP contribution in [0.2, 0.25) is 5.02 Å². The van der Waals surface area contributed by atoms with Crippen LogP contribution in [-0.4, -0.2) is 31.8 Å². The summed E-state index contributed by atoms with van der Waals surface area (Å²) < 4.78 is 11.1. The summed E-state index contributed by atoms with van der Waals surface area (Å²) >= 11 is 6.27. The molecule has 1 heterocycles. The van der Waals surface area contributed by atoms with Gasteiger partial charge in [0.25, 0.3) is 0 Å². The first-order valence-electron chi connectivity index (χ1n) is 7.18. The van der Waals surface area contributed by atoms with E-state index in [1.54, 1.807) is 12.1 Å². The molecule has 0 aliphatic carbocycles. The van der Waals surface area contributed by atoms with Crippen LogP contribution in [0.4, 0.5) is 5.69 Å². The molecule has 0 radical (unpaired) electrons. The van der Waals surface area contributed by atoms with Gasteiger partial charge in [0.15, 0.2) is 0 Å². The Morgan fingerprint density at radius 3 is 2.86 bits per heavy atom. The number of carbonyl (C=O) groups is 1. The van der Waals surface area contributed by atoms with E-state index in [2.05, 4.69) is 10.6 Å². The van der Waals surface area contributed by atoms with Crippen LogP contribution >= 0.6 is 11.6 Å². The van der Waals surface area contributed by atoms with Crippen molar-refractivity contribution in [2.45, 2.75) is 32.9 Å². The van der Waals surface area contributed by atoms with Crippen LogP contribution in [-0.2, 0) is 9.53 Å². The van der Waals surface area contributed by atoms with Gasteiger partial charge in [0.1, 0.15) is 17.9 Å². The molecule has 1 aromatic rings. The van der Waals surface area contributed by atoms with Gasteiger partial charge in [-0.15, -0.1) is 0 Å². The molecule has 0 bridgehead atoms. The zero-order valence-electron chi connectivity index (χ0n) is 12.5. The van der Waals surface area contributed by atoms with E-state index < -0.39 is 0 Å². The van der Waals surface area contributed by atoms with Crippen LogP contribution in [0.5, 0.6) is 5.75 Å². The Morgan fingerprint density at radius 1 is 1.43 bits per heavy atom. The molecular weight excluding hydrogens is 292 g/mol. The Hall–Kier alpha value is -1.30.